The number of rotatable bonds is 6. The van der Waals surface area contributed by atoms with Gasteiger partial charge in [0, 0.05) is 5.41 Å². The van der Waals surface area contributed by atoms with Gasteiger partial charge in [-0.1, -0.05) is 55.6 Å². The van der Waals surface area contributed by atoms with E-state index in [1.54, 1.807) is 5.57 Å². The summed E-state index contributed by atoms with van der Waals surface area (Å²) < 4.78 is 10.8. The largest absolute Gasteiger partial charge is 0.456 e. The number of allylic oxidation sites excluding steroid dienone is 4. The van der Waals surface area contributed by atoms with Crippen LogP contribution in [0.3, 0.4) is 0 Å². The molecule has 198 valence electrons. The molecule has 0 bridgehead atoms. The molecule has 5 nitrogen and oxygen atoms in total. The molecule has 0 aromatic carbocycles. The van der Waals surface area contributed by atoms with E-state index in [-0.39, 0.29) is 22.8 Å². The van der Waals surface area contributed by atoms with Crippen molar-refractivity contribution in [2.45, 2.75) is 118 Å². The molecule has 4 aliphatic carbocycles. The summed E-state index contributed by atoms with van der Waals surface area (Å²) in [6, 6.07) is 0. The van der Waals surface area contributed by atoms with E-state index in [0.717, 1.165) is 24.7 Å². The second kappa shape index (κ2) is 9.44. The number of hydrogen-bond donors (Lipinski definition) is 0. The third-order valence-electron chi connectivity index (χ3n) is 11.2. The minimum atomic E-state index is -0.462. The fourth-order valence-corrected chi connectivity index (χ4v) is 9.26. The van der Waals surface area contributed by atoms with Crippen LogP contribution in [0.1, 0.15) is 123 Å². The van der Waals surface area contributed by atoms with E-state index in [4.69, 9.17) is 9.26 Å². The van der Waals surface area contributed by atoms with Gasteiger partial charge in [0.1, 0.15) is 6.10 Å². The Bertz CT molecular complexity index is 1030. The van der Waals surface area contributed by atoms with Gasteiger partial charge in [0.25, 0.3) is 5.82 Å². The molecule has 0 radical (unpaired) electrons. The maximum atomic E-state index is 12.6. The molecular formula is C31H46N2O3. The Morgan fingerprint density at radius 2 is 1.92 bits per heavy atom. The summed E-state index contributed by atoms with van der Waals surface area (Å²) in [6.07, 6.45) is 17.3. The number of aromatic nitrogens is 2. The minimum absolute atomic E-state index is 0.0241. The zero-order valence-corrected chi connectivity index (χ0v) is 23.4. The first-order chi connectivity index (χ1) is 17.1. The van der Waals surface area contributed by atoms with Gasteiger partial charge in [0.2, 0.25) is 6.39 Å². The van der Waals surface area contributed by atoms with Gasteiger partial charge in [-0.15, -0.1) is 0 Å². The lowest BCUT2D eigenvalue weighted by atomic mass is 9.46. The van der Waals surface area contributed by atoms with Crippen molar-refractivity contribution in [3.05, 3.63) is 35.0 Å². The van der Waals surface area contributed by atoms with Crippen LogP contribution in [0.4, 0.5) is 0 Å². The highest BCUT2D eigenvalue weighted by atomic mass is 16.6. The van der Waals surface area contributed by atoms with Crippen LogP contribution in [-0.2, 0) is 4.74 Å². The van der Waals surface area contributed by atoms with Crippen LogP contribution < -0.4 is 0 Å². The van der Waals surface area contributed by atoms with E-state index >= 15 is 0 Å². The maximum absolute atomic E-state index is 12.6. The molecule has 1 heterocycles. The molecule has 2 fully saturated rings. The standard InChI is InChI=1S/C31H46N2O3/c1-20(2)9-7-8-10-21-11-13-23-22-12-14-25-29(3,4)26(36-28(34)27-32-19-35-33-27)16-18-31(25,6)24(22)15-17-30(21,23)5/h9,19,21,23,25-26H,7-8,10-18H2,1-6H3. The Hall–Kier alpha value is -1.91. The maximum Gasteiger partial charge on any atom is 0.380 e. The van der Waals surface area contributed by atoms with Crippen LogP contribution >= 0.6 is 0 Å². The van der Waals surface area contributed by atoms with Crippen molar-refractivity contribution in [2.24, 2.45) is 34.0 Å². The van der Waals surface area contributed by atoms with Crippen LogP contribution in [-0.4, -0.2) is 22.2 Å². The predicted octanol–water partition coefficient (Wildman–Crippen LogP) is 8.09. The van der Waals surface area contributed by atoms with Gasteiger partial charge < -0.3 is 9.26 Å². The first-order valence-corrected chi connectivity index (χ1v) is 14.4. The molecule has 0 aliphatic heterocycles. The number of carbonyl (C=O) groups excluding carboxylic acids is 1. The molecule has 1 aromatic rings. The second-order valence-electron chi connectivity index (χ2n) is 13.6. The average Bonchev–Trinajstić information content (AvgIpc) is 3.47. The van der Waals surface area contributed by atoms with Crippen LogP contribution in [0.5, 0.6) is 0 Å². The molecule has 36 heavy (non-hydrogen) atoms. The topological polar surface area (TPSA) is 65.2 Å². The van der Waals surface area contributed by atoms with Gasteiger partial charge in [0.15, 0.2) is 0 Å². The molecule has 1 aromatic heterocycles. The number of esters is 1. The summed E-state index contributed by atoms with van der Waals surface area (Å²) in [6.45, 7) is 14.2. The fourth-order valence-electron chi connectivity index (χ4n) is 9.26. The van der Waals surface area contributed by atoms with Gasteiger partial charge >= 0.3 is 5.97 Å². The summed E-state index contributed by atoms with van der Waals surface area (Å²) in [5, 5.41) is 3.68. The summed E-state index contributed by atoms with van der Waals surface area (Å²) in [7, 11) is 0. The highest BCUT2D eigenvalue weighted by Gasteiger charge is 2.59. The minimum Gasteiger partial charge on any atom is -0.456 e. The lowest BCUT2D eigenvalue weighted by Crippen LogP contribution is -2.54. The number of carbonyl (C=O) groups is 1. The van der Waals surface area contributed by atoms with Gasteiger partial charge in [-0.05, 0) is 113 Å². The van der Waals surface area contributed by atoms with Crippen LogP contribution in [0.2, 0.25) is 0 Å². The Morgan fingerprint density at radius 1 is 1.11 bits per heavy atom. The molecule has 0 amide bonds. The van der Waals surface area contributed by atoms with Crippen molar-refractivity contribution < 1.29 is 14.1 Å². The van der Waals surface area contributed by atoms with Gasteiger partial charge in [-0.2, -0.15) is 4.98 Å². The van der Waals surface area contributed by atoms with Gasteiger partial charge in [-0.25, -0.2) is 4.79 Å². The van der Waals surface area contributed by atoms with Crippen molar-refractivity contribution in [1.29, 1.82) is 0 Å². The lowest BCUT2D eigenvalue weighted by molar-refractivity contribution is -0.102. The van der Waals surface area contributed by atoms with Crippen LogP contribution in [0, 0.1) is 34.0 Å². The third kappa shape index (κ3) is 4.19. The zero-order chi connectivity index (χ0) is 25.7. The molecule has 6 unspecified atom stereocenters. The van der Waals surface area contributed by atoms with Gasteiger partial charge in [0.05, 0.1) is 0 Å². The van der Waals surface area contributed by atoms with Crippen molar-refractivity contribution in [2.75, 3.05) is 0 Å². The summed E-state index contributed by atoms with van der Waals surface area (Å²) >= 11 is 0. The SMILES string of the molecule is CC(C)=CCCCC1CCC2C3=C(CCC12C)C1(C)CCC(OC(=O)c2ncon2)C(C)(C)C1CC3. The monoisotopic (exact) mass is 494 g/mol. The Balaban J connectivity index is 1.33. The van der Waals surface area contributed by atoms with Gasteiger partial charge in [-0.3, -0.25) is 0 Å². The first-order valence-electron chi connectivity index (χ1n) is 14.4. The zero-order valence-electron chi connectivity index (χ0n) is 23.4. The van der Waals surface area contributed by atoms with E-state index in [9.17, 15) is 4.79 Å². The third-order valence-corrected chi connectivity index (χ3v) is 11.2. The average molecular weight is 495 g/mol. The smallest absolute Gasteiger partial charge is 0.380 e. The Morgan fingerprint density at radius 3 is 2.64 bits per heavy atom. The Kier molecular flexibility index (Phi) is 6.74. The normalized spacial score (nSPS) is 37.1. The number of ether oxygens (including phenoxy) is 1. The number of hydrogen-bond acceptors (Lipinski definition) is 5. The lowest BCUT2D eigenvalue weighted by Gasteiger charge is -2.60. The van der Waals surface area contributed by atoms with Crippen LogP contribution in [0.25, 0.3) is 0 Å². The van der Waals surface area contributed by atoms with E-state index in [2.05, 4.69) is 57.8 Å². The van der Waals surface area contributed by atoms with Crippen LogP contribution in [0.15, 0.2) is 33.7 Å². The quantitative estimate of drug-likeness (QED) is 0.227. The van der Waals surface area contributed by atoms with Crippen molar-refractivity contribution in [1.82, 2.24) is 10.1 Å². The molecule has 0 N–H and O–H groups in total. The van der Waals surface area contributed by atoms with Crippen molar-refractivity contribution in [3.8, 4) is 0 Å². The van der Waals surface area contributed by atoms with E-state index < -0.39 is 5.97 Å². The summed E-state index contributed by atoms with van der Waals surface area (Å²) in [5.74, 6) is 1.74. The molecule has 5 rings (SSSR count). The number of nitrogens with zero attached hydrogens (tertiary/aromatic N) is 2. The molecule has 6 atom stereocenters. The predicted molar refractivity (Wildman–Crippen MR) is 141 cm³/mol. The highest BCUT2D eigenvalue weighted by molar-refractivity contribution is 5.84. The summed E-state index contributed by atoms with van der Waals surface area (Å²) in [5.41, 5.74) is 5.70. The molecule has 4 aliphatic rings. The highest BCUT2D eigenvalue weighted by Crippen LogP contribution is 2.67. The fraction of sp³-hybridized carbons (Fsp3) is 0.774. The van der Waals surface area contributed by atoms with E-state index in [1.165, 1.54) is 69.8 Å². The van der Waals surface area contributed by atoms with Crippen molar-refractivity contribution in [3.63, 3.8) is 0 Å². The first kappa shape index (κ1) is 25.7. The second-order valence-corrected chi connectivity index (χ2v) is 13.6. The Labute approximate surface area is 217 Å². The summed E-state index contributed by atoms with van der Waals surface area (Å²) in [4.78, 5) is 16.5. The van der Waals surface area contributed by atoms with E-state index in [1.807, 2.05) is 5.57 Å². The molecule has 0 saturated heterocycles. The molecular weight excluding hydrogens is 448 g/mol. The molecule has 5 heteroatoms. The molecule has 0 spiro atoms. The van der Waals surface area contributed by atoms with E-state index in [0.29, 0.717) is 11.3 Å². The molecule has 2 saturated carbocycles. The number of fused-ring (bicyclic) bond motifs is 4. The number of unbranched alkanes of at least 4 members (excludes halogenated alkanes) is 1. The van der Waals surface area contributed by atoms with Crippen molar-refractivity contribution >= 4 is 5.97 Å².